The highest BCUT2D eigenvalue weighted by atomic mass is 16.2. The Morgan fingerprint density at radius 3 is 2.29 bits per heavy atom. The first kappa shape index (κ1) is 16.9. The van der Waals surface area contributed by atoms with Gasteiger partial charge in [-0.1, -0.05) is 12.1 Å². The fourth-order valence-corrected chi connectivity index (χ4v) is 1.64. The molecule has 0 aromatic carbocycles. The van der Waals surface area contributed by atoms with Crippen LogP contribution in [0.1, 0.15) is 18.1 Å². The number of hydrogen-bond donors (Lipinski definition) is 1. The maximum atomic E-state index is 12.1. The number of ketones is 1. The standard InChI is InChI=1S/C16H16N6O2/c1-13(23)12-22(20-11-15-5-3-7-18-9-15)16(24)21-19-10-14-4-2-6-17-8-14/h2-11H,12H2,1H3,(H,21,24). The van der Waals surface area contributed by atoms with Gasteiger partial charge < -0.3 is 0 Å². The molecule has 1 N–H and O–H groups in total. The van der Waals surface area contributed by atoms with Crippen molar-refractivity contribution in [1.29, 1.82) is 0 Å². The minimum Gasteiger partial charge on any atom is -0.298 e. The zero-order valence-electron chi connectivity index (χ0n) is 13.0. The molecule has 0 unspecified atom stereocenters. The van der Waals surface area contributed by atoms with Gasteiger partial charge in [0.15, 0.2) is 5.78 Å². The second-order valence-corrected chi connectivity index (χ2v) is 4.75. The highest BCUT2D eigenvalue weighted by molar-refractivity contribution is 5.86. The molecule has 2 aromatic rings. The summed E-state index contributed by atoms with van der Waals surface area (Å²) >= 11 is 0. The number of rotatable bonds is 6. The number of nitrogens with zero attached hydrogens (tertiary/aromatic N) is 5. The predicted molar refractivity (Wildman–Crippen MR) is 89.6 cm³/mol. The number of Topliss-reactive ketones (excluding diaryl/α,β-unsaturated/α-hetero) is 1. The Morgan fingerprint density at radius 2 is 1.75 bits per heavy atom. The van der Waals surface area contributed by atoms with Crippen LogP contribution in [-0.2, 0) is 4.79 Å². The number of urea groups is 1. The molecule has 0 saturated carbocycles. The molecule has 2 amide bonds. The van der Waals surface area contributed by atoms with Gasteiger partial charge in [-0.15, -0.1) is 0 Å². The first-order valence-corrected chi connectivity index (χ1v) is 7.09. The van der Waals surface area contributed by atoms with Gasteiger partial charge in [-0.25, -0.2) is 15.2 Å². The zero-order chi connectivity index (χ0) is 17.2. The second-order valence-electron chi connectivity index (χ2n) is 4.75. The van der Waals surface area contributed by atoms with E-state index in [9.17, 15) is 9.59 Å². The number of carbonyl (C=O) groups excluding carboxylic acids is 2. The number of hydrogen-bond acceptors (Lipinski definition) is 6. The Bertz CT molecular complexity index is 731. The van der Waals surface area contributed by atoms with Crippen molar-refractivity contribution in [3.63, 3.8) is 0 Å². The van der Waals surface area contributed by atoms with Crippen molar-refractivity contribution in [3.8, 4) is 0 Å². The van der Waals surface area contributed by atoms with Gasteiger partial charge in [-0.2, -0.15) is 10.2 Å². The Labute approximate surface area is 138 Å². The third kappa shape index (κ3) is 5.76. The van der Waals surface area contributed by atoms with Crippen molar-refractivity contribution in [2.24, 2.45) is 10.2 Å². The summed E-state index contributed by atoms with van der Waals surface area (Å²) < 4.78 is 0. The summed E-state index contributed by atoms with van der Waals surface area (Å²) in [6, 6.07) is 6.45. The van der Waals surface area contributed by atoms with E-state index in [1.807, 2.05) is 0 Å². The minimum atomic E-state index is -0.620. The summed E-state index contributed by atoms with van der Waals surface area (Å²) in [5.74, 6) is -0.204. The molecule has 2 aromatic heterocycles. The molecule has 8 nitrogen and oxygen atoms in total. The van der Waals surface area contributed by atoms with E-state index in [-0.39, 0.29) is 12.3 Å². The molecule has 0 saturated heterocycles. The SMILES string of the molecule is CC(=O)CN(N=Cc1cccnc1)C(=O)NN=Cc1cccnc1. The number of carbonyl (C=O) groups is 2. The van der Waals surface area contributed by atoms with Crippen LogP contribution >= 0.6 is 0 Å². The van der Waals surface area contributed by atoms with Crippen molar-refractivity contribution in [2.75, 3.05) is 6.54 Å². The fraction of sp³-hybridized carbons (Fsp3) is 0.125. The van der Waals surface area contributed by atoms with Gasteiger partial charge in [0, 0.05) is 35.9 Å². The Hall–Kier alpha value is -3.42. The summed E-state index contributed by atoms with van der Waals surface area (Å²) in [7, 11) is 0. The van der Waals surface area contributed by atoms with E-state index in [0.717, 1.165) is 10.6 Å². The van der Waals surface area contributed by atoms with E-state index < -0.39 is 6.03 Å². The first-order valence-electron chi connectivity index (χ1n) is 7.09. The van der Waals surface area contributed by atoms with Gasteiger partial charge in [0.05, 0.1) is 12.4 Å². The monoisotopic (exact) mass is 324 g/mol. The van der Waals surface area contributed by atoms with E-state index >= 15 is 0 Å². The first-order chi connectivity index (χ1) is 11.6. The minimum absolute atomic E-state index is 0.162. The van der Waals surface area contributed by atoms with Crippen molar-refractivity contribution in [1.82, 2.24) is 20.4 Å². The topological polar surface area (TPSA) is 99.9 Å². The van der Waals surface area contributed by atoms with Gasteiger partial charge in [0.25, 0.3) is 0 Å². The third-order valence-electron chi connectivity index (χ3n) is 2.70. The molecule has 2 heterocycles. The summed E-state index contributed by atoms with van der Waals surface area (Å²) in [5.41, 5.74) is 3.76. The number of nitrogens with one attached hydrogen (secondary N) is 1. The molecule has 0 fully saturated rings. The molecule has 0 bridgehead atoms. The molecule has 24 heavy (non-hydrogen) atoms. The Morgan fingerprint density at radius 1 is 1.12 bits per heavy atom. The summed E-state index contributed by atoms with van der Waals surface area (Å²) in [4.78, 5) is 31.3. The normalized spacial score (nSPS) is 10.9. The molecule has 8 heteroatoms. The number of amides is 2. The van der Waals surface area contributed by atoms with E-state index in [1.54, 1.807) is 49.1 Å². The highest BCUT2D eigenvalue weighted by Gasteiger charge is 2.13. The largest absolute Gasteiger partial charge is 0.358 e. The predicted octanol–water partition coefficient (Wildman–Crippen LogP) is 1.45. The highest BCUT2D eigenvalue weighted by Crippen LogP contribution is 1.96. The molecular formula is C16H16N6O2. The molecule has 122 valence electrons. The van der Waals surface area contributed by atoms with E-state index in [4.69, 9.17) is 0 Å². The lowest BCUT2D eigenvalue weighted by molar-refractivity contribution is -0.117. The van der Waals surface area contributed by atoms with Crippen molar-refractivity contribution in [2.45, 2.75) is 6.92 Å². The van der Waals surface area contributed by atoms with E-state index in [0.29, 0.717) is 5.56 Å². The second kappa shape index (κ2) is 8.89. The molecule has 2 rings (SSSR count). The quantitative estimate of drug-likeness (QED) is 0.642. The van der Waals surface area contributed by atoms with Gasteiger partial charge in [-0.05, 0) is 19.1 Å². The molecular weight excluding hydrogens is 308 g/mol. The number of aromatic nitrogens is 2. The zero-order valence-corrected chi connectivity index (χ0v) is 13.0. The summed E-state index contributed by atoms with van der Waals surface area (Å²) in [6.07, 6.45) is 9.35. The van der Waals surface area contributed by atoms with Crippen LogP contribution in [0.25, 0.3) is 0 Å². The van der Waals surface area contributed by atoms with Crippen LogP contribution in [0.2, 0.25) is 0 Å². The summed E-state index contributed by atoms with van der Waals surface area (Å²) in [6.45, 7) is 1.21. The molecule has 0 radical (unpaired) electrons. The van der Waals surface area contributed by atoms with Crippen LogP contribution in [0.5, 0.6) is 0 Å². The smallest absolute Gasteiger partial charge is 0.298 e. The van der Waals surface area contributed by atoms with Crippen molar-refractivity contribution >= 4 is 24.2 Å². The van der Waals surface area contributed by atoms with Crippen LogP contribution in [0.3, 0.4) is 0 Å². The van der Waals surface area contributed by atoms with E-state index in [2.05, 4.69) is 25.6 Å². The van der Waals surface area contributed by atoms with Crippen LogP contribution < -0.4 is 5.43 Å². The molecule has 0 aliphatic rings. The number of pyridine rings is 2. The van der Waals surface area contributed by atoms with Crippen molar-refractivity contribution in [3.05, 3.63) is 60.2 Å². The molecule has 0 aliphatic carbocycles. The van der Waals surface area contributed by atoms with E-state index in [1.165, 1.54) is 19.4 Å². The lowest BCUT2D eigenvalue weighted by atomic mass is 10.3. The van der Waals surface area contributed by atoms with Crippen LogP contribution in [0.15, 0.2) is 59.3 Å². The molecule has 0 aliphatic heterocycles. The van der Waals surface area contributed by atoms with Gasteiger partial charge in [0.1, 0.15) is 6.54 Å². The van der Waals surface area contributed by atoms with Gasteiger partial charge >= 0.3 is 6.03 Å². The van der Waals surface area contributed by atoms with Crippen LogP contribution in [-0.4, -0.2) is 45.8 Å². The molecule has 0 spiro atoms. The molecule has 0 atom stereocenters. The Kier molecular flexibility index (Phi) is 6.27. The van der Waals surface area contributed by atoms with Gasteiger partial charge in [-0.3, -0.25) is 14.8 Å². The maximum absolute atomic E-state index is 12.1. The summed E-state index contributed by atoms with van der Waals surface area (Å²) in [5, 5.41) is 8.83. The third-order valence-corrected chi connectivity index (χ3v) is 2.70. The fourth-order valence-electron chi connectivity index (χ4n) is 1.64. The van der Waals surface area contributed by atoms with Crippen molar-refractivity contribution < 1.29 is 9.59 Å². The lowest BCUT2D eigenvalue weighted by Crippen LogP contribution is -2.36. The van der Waals surface area contributed by atoms with Crippen LogP contribution in [0.4, 0.5) is 4.79 Å². The lowest BCUT2D eigenvalue weighted by Gasteiger charge is -2.14. The average Bonchev–Trinajstić information content (AvgIpc) is 2.60. The van der Waals surface area contributed by atoms with Crippen LogP contribution in [0, 0.1) is 0 Å². The Balaban J connectivity index is 2.01. The number of hydrazone groups is 2. The van der Waals surface area contributed by atoms with Gasteiger partial charge in [0.2, 0.25) is 0 Å². The average molecular weight is 324 g/mol. The maximum Gasteiger partial charge on any atom is 0.358 e.